The van der Waals surface area contributed by atoms with Gasteiger partial charge in [0.1, 0.15) is 11.5 Å². The number of carbonyl (C=O) groups is 2. The Morgan fingerprint density at radius 1 is 1.19 bits per heavy atom. The number of nitrogens with zero attached hydrogens (tertiary/aromatic N) is 2. The molecule has 156 valence electrons. The summed E-state index contributed by atoms with van der Waals surface area (Å²) in [6.07, 6.45) is 0.767. The number of carbonyl (C=O) groups excluding carboxylic acids is 2. The number of nitrogen functional groups attached to an aromatic ring is 1. The Kier molecular flexibility index (Phi) is 4.58. The Hall–Kier alpha value is -3.87. The third-order valence-electron chi connectivity index (χ3n) is 5.85. The zero-order valence-electron chi connectivity index (χ0n) is 17.2. The lowest BCUT2D eigenvalue weighted by molar-refractivity contribution is 0.0933. The van der Waals surface area contributed by atoms with E-state index >= 15 is 0 Å². The Balaban J connectivity index is 1.42. The van der Waals surface area contributed by atoms with Crippen LogP contribution >= 0.6 is 0 Å². The normalized spacial score (nSPS) is 13.3. The van der Waals surface area contributed by atoms with Gasteiger partial charge in [-0.25, -0.2) is 4.98 Å². The van der Waals surface area contributed by atoms with Crippen molar-refractivity contribution in [1.82, 2.24) is 20.2 Å². The fraction of sp³-hybridized carbons (Fsp3) is 0.208. The molecule has 2 aromatic carbocycles. The van der Waals surface area contributed by atoms with Gasteiger partial charge in [-0.05, 0) is 60.9 Å². The summed E-state index contributed by atoms with van der Waals surface area (Å²) in [4.78, 5) is 29.6. The first-order chi connectivity index (χ1) is 15.0. The third-order valence-corrected chi connectivity index (χ3v) is 5.85. The van der Waals surface area contributed by atoms with Gasteiger partial charge >= 0.3 is 0 Å². The van der Waals surface area contributed by atoms with E-state index in [1.54, 1.807) is 6.07 Å². The van der Waals surface area contributed by atoms with Crippen molar-refractivity contribution in [2.45, 2.75) is 26.4 Å². The smallest absolute Gasteiger partial charge is 0.268 e. The van der Waals surface area contributed by atoms with Crippen LogP contribution in [0.25, 0.3) is 21.8 Å². The first kappa shape index (κ1) is 19.1. The molecule has 3 heterocycles. The predicted molar refractivity (Wildman–Crippen MR) is 121 cm³/mol. The second kappa shape index (κ2) is 7.43. The van der Waals surface area contributed by atoms with Crippen LogP contribution in [0.4, 0.5) is 5.82 Å². The number of amides is 2. The van der Waals surface area contributed by atoms with Crippen molar-refractivity contribution in [3.8, 4) is 0 Å². The SMILES string of the molecule is CCn1c2c(c3cc(C(=O)NCc4ccc5ccc(N)nc5c4)ccc31)CCNC2=O. The van der Waals surface area contributed by atoms with E-state index in [1.807, 2.05) is 54.0 Å². The minimum absolute atomic E-state index is 0.0455. The molecule has 0 unspecified atom stereocenters. The largest absolute Gasteiger partial charge is 0.384 e. The number of hydrogen-bond acceptors (Lipinski definition) is 4. The summed E-state index contributed by atoms with van der Waals surface area (Å²) in [5, 5.41) is 7.88. The van der Waals surface area contributed by atoms with E-state index in [4.69, 9.17) is 5.73 Å². The van der Waals surface area contributed by atoms with Gasteiger partial charge in [-0.1, -0.05) is 12.1 Å². The zero-order valence-corrected chi connectivity index (χ0v) is 17.2. The van der Waals surface area contributed by atoms with Gasteiger partial charge in [-0.3, -0.25) is 9.59 Å². The standard InChI is InChI=1S/C24H23N5O2/c1-2-29-20-7-5-16(12-18(20)17-9-10-26-24(31)22(17)29)23(30)27-13-14-3-4-15-6-8-21(25)28-19(15)11-14/h3-8,11-12H,2,9-10,13H2,1H3,(H2,25,28)(H,26,31)(H,27,30). The number of fused-ring (bicyclic) bond motifs is 4. The van der Waals surface area contributed by atoms with Crippen molar-refractivity contribution in [2.75, 3.05) is 12.3 Å². The molecular formula is C24H23N5O2. The Bertz CT molecular complexity index is 1360. The molecule has 7 heteroatoms. The summed E-state index contributed by atoms with van der Waals surface area (Å²) in [6.45, 7) is 3.73. The average Bonchev–Trinajstić information content (AvgIpc) is 3.11. The number of nitrogens with two attached hydrogens (primary N) is 1. The molecule has 5 rings (SSSR count). The van der Waals surface area contributed by atoms with Crippen molar-refractivity contribution in [3.05, 3.63) is 70.9 Å². The molecule has 0 atom stereocenters. The summed E-state index contributed by atoms with van der Waals surface area (Å²) < 4.78 is 2.02. The van der Waals surface area contributed by atoms with E-state index in [9.17, 15) is 9.59 Å². The van der Waals surface area contributed by atoms with Crippen LogP contribution in [-0.4, -0.2) is 27.9 Å². The highest BCUT2D eigenvalue weighted by molar-refractivity contribution is 6.05. The van der Waals surface area contributed by atoms with Crippen LogP contribution in [0.3, 0.4) is 0 Å². The highest BCUT2D eigenvalue weighted by atomic mass is 16.2. The van der Waals surface area contributed by atoms with Gasteiger partial charge in [0.15, 0.2) is 0 Å². The van der Waals surface area contributed by atoms with Gasteiger partial charge in [-0.15, -0.1) is 0 Å². The third kappa shape index (κ3) is 3.28. The molecule has 4 N–H and O–H groups in total. The molecule has 2 amide bonds. The molecule has 0 saturated heterocycles. The molecular weight excluding hydrogens is 390 g/mol. The predicted octanol–water partition coefficient (Wildman–Crippen LogP) is 3.01. The molecule has 0 aliphatic carbocycles. The van der Waals surface area contributed by atoms with Crippen LogP contribution in [0, 0.1) is 0 Å². The molecule has 1 aliphatic rings. The van der Waals surface area contributed by atoms with Crippen molar-refractivity contribution < 1.29 is 9.59 Å². The first-order valence-corrected chi connectivity index (χ1v) is 10.4. The summed E-state index contributed by atoms with van der Waals surface area (Å²) in [6, 6.07) is 15.2. The molecule has 7 nitrogen and oxygen atoms in total. The molecule has 0 spiro atoms. The van der Waals surface area contributed by atoms with Crippen LogP contribution in [-0.2, 0) is 19.5 Å². The maximum Gasteiger partial charge on any atom is 0.268 e. The zero-order chi connectivity index (χ0) is 21.5. The number of hydrogen-bond donors (Lipinski definition) is 3. The summed E-state index contributed by atoms with van der Waals surface area (Å²) in [7, 11) is 0. The molecule has 0 radical (unpaired) electrons. The van der Waals surface area contributed by atoms with E-state index in [1.165, 1.54) is 0 Å². The van der Waals surface area contributed by atoms with E-state index in [0.717, 1.165) is 39.4 Å². The summed E-state index contributed by atoms with van der Waals surface area (Å²) in [5.74, 6) is 0.273. The Labute approximate surface area is 179 Å². The molecule has 0 bridgehead atoms. The lowest BCUT2D eigenvalue weighted by atomic mass is 10.0. The van der Waals surface area contributed by atoms with Crippen LogP contribution in [0.15, 0.2) is 48.5 Å². The molecule has 0 saturated carbocycles. The molecule has 31 heavy (non-hydrogen) atoms. The Morgan fingerprint density at radius 3 is 2.87 bits per heavy atom. The highest BCUT2D eigenvalue weighted by Gasteiger charge is 2.25. The van der Waals surface area contributed by atoms with Gasteiger partial charge in [-0.2, -0.15) is 0 Å². The van der Waals surface area contributed by atoms with Crippen LogP contribution in [0.5, 0.6) is 0 Å². The number of pyridine rings is 1. The van der Waals surface area contributed by atoms with E-state index in [0.29, 0.717) is 36.7 Å². The average molecular weight is 413 g/mol. The Morgan fingerprint density at radius 2 is 2.03 bits per heavy atom. The minimum Gasteiger partial charge on any atom is -0.384 e. The number of benzene rings is 2. The summed E-state index contributed by atoms with van der Waals surface area (Å²) >= 11 is 0. The van der Waals surface area contributed by atoms with Crippen LogP contribution in [0.2, 0.25) is 0 Å². The van der Waals surface area contributed by atoms with Crippen molar-refractivity contribution in [1.29, 1.82) is 0 Å². The van der Waals surface area contributed by atoms with Crippen molar-refractivity contribution >= 4 is 39.4 Å². The number of nitrogens with one attached hydrogen (secondary N) is 2. The van der Waals surface area contributed by atoms with Crippen LogP contribution in [0.1, 0.15) is 38.9 Å². The monoisotopic (exact) mass is 413 g/mol. The van der Waals surface area contributed by atoms with E-state index < -0.39 is 0 Å². The molecule has 0 fully saturated rings. The topological polar surface area (TPSA) is 102 Å². The van der Waals surface area contributed by atoms with Crippen molar-refractivity contribution in [3.63, 3.8) is 0 Å². The quantitative estimate of drug-likeness (QED) is 0.479. The number of aromatic nitrogens is 2. The van der Waals surface area contributed by atoms with E-state index in [2.05, 4.69) is 15.6 Å². The highest BCUT2D eigenvalue weighted by Crippen LogP contribution is 2.29. The van der Waals surface area contributed by atoms with Gasteiger partial charge in [0, 0.05) is 41.5 Å². The maximum atomic E-state index is 12.9. The fourth-order valence-electron chi connectivity index (χ4n) is 4.36. The van der Waals surface area contributed by atoms with Gasteiger partial charge in [0.25, 0.3) is 11.8 Å². The van der Waals surface area contributed by atoms with Crippen molar-refractivity contribution in [2.24, 2.45) is 0 Å². The van der Waals surface area contributed by atoms with E-state index in [-0.39, 0.29) is 11.8 Å². The van der Waals surface area contributed by atoms with Gasteiger partial charge in [0.2, 0.25) is 0 Å². The number of rotatable bonds is 4. The second-order valence-electron chi connectivity index (χ2n) is 7.76. The lowest BCUT2D eigenvalue weighted by Gasteiger charge is -2.15. The molecule has 4 aromatic rings. The second-order valence-corrected chi connectivity index (χ2v) is 7.76. The van der Waals surface area contributed by atoms with Gasteiger partial charge in [0.05, 0.1) is 5.52 Å². The summed E-state index contributed by atoms with van der Waals surface area (Å²) in [5.41, 5.74) is 10.8. The molecule has 2 aromatic heterocycles. The lowest BCUT2D eigenvalue weighted by Crippen LogP contribution is -2.33. The minimum atomic E-state index is -0.152. The maximum absolute atomic E-state index is 12.9. The first-order valence-electron chi connectivity index (χ1n) is 10.4. The number of aryl methyl sites for hydroxylation is 1. The van der Waals surface area contributed by atoms with Gasteiger partial charge < -0.3 is 20.9 Å². The van der Waals surface area contributed by atoms with Crippen LogP contribution < -0.4 is 16.4 Å². The number of anilines is 1. The molecule has 1 aliphatic heterocycles. The fourth-order valence-corrected chi connectivity index (χ4v) is 4.36.